The molecule has 1 N–H and O–H groups in total. The zero-order chi connectivity index (χ0) is 24.7. The zero-order valence-corrected chi connectivity index (χ0v) is 21.0. The summed E-state index contributed by atoms with van der Waals surface area (Å²) in [6.45, 7) is 0.185. The molecule has 0 aromatic heterocycles. The van der Waals surface area contributed by atoms with Crippen molar-refractivity contribution in [1.29, 1.82) is 0 Å². The van der Waals surface area contributed by atoms with Crippen LogP contribution in [0.1, 0.15) is 10.4 Å². The minimum atomic E-state index is -3.40. The van der Waals surface area contributed by atoms with Gasteiger partial charge in [-0.1, -0.05) is 35.9 Å². The molecule has 0 aliphatic carbocycles. The van der Waals surface area contributed by atoms with E-state index >= 15 is 0 Å². The first-order valence-corrected chi connectivity index (χ1v) is 14.1. The Labute approximate surface area is 212 Å². The second-order valence-electron chi connectivity index (χ2n) is 8.34. The number of cyclic esters (lactones) is 1. The molecule has 1 saturated heterocycles. The second-order valence-corrected chi connectivity index (χ2v) is 11.8. The molecule has 0 unspecified atom stereocenters. The number of anilines is 1. The molecule has 10 heteroatoms. The largest absolute Gasteiger partial charge is 0.442 e. The van der Waals surface area contributed by atoms with Crippen LogP contribution in [0, 0.1) is 0 Å². The zero-order valence-electron chi connectivity index (χ0n) is 18.6. The van der Waals surface area contributed by atoms with Crippen molar-refractivity contribution in [3.63, 3.8) is 0 Å². The third kappa shape index (κ3) is 4.63. The van der Waals surface area contributed by atoms with E-state index in [2.05, 4.69) is 5.32 Å². The molecule has 0 saturated carbocycles. The molecule has 3 aromatic rings. The number of nitrogens with one attached hydrogen (secondary N) is 1. The summed E-state index contributed by atoms with van der Waals surface area (Å²) in [6.07, 6.45) is 0.229. The Kier molecular flexibility index (Phi) is 6.25. The minimum Gasteiger partial charge on any atom is -0.442 e. The number of hydrogen-bond acceptors (Lipinski definition) is 6. The highest BCUT2D eigenvalue weighted by molar-refractivity contribution is 7.99. The van der Waals surface area contributed by atoms with Crippen molar-refractivity contribution >= 4 is 50.9 Å². The number of ether oxygens (including phenoxy) is 1. The molecular formula is C25H21ClN2O5S2. The summed E-state index contributed by atoms with van der Waals surface area (Å²) < 4.78 is 30.1. The van der Waals surface area contributed by atoms with E-state index in [4.69, 9.17) is 16.3 Å². The van der Waals surface area contributed by atoms with E-state index in [1.54, 1.807) is 65.2 Å². The highest BCUT2D eigenvalue weighted by Gasteiger charge is 2.45. The van der Waals surface area contributed by atoms with Crippen molar-refractivity contribution in [2.24, 2.45) is 0 Å². The lowest BCUT2D eigenvalue weighted by molar-refractivity contribution is 0.0906. The molecule has 3 aromatic carbocycles. The van der Waals surface area contributed by atoms with Gasteiger partial charge in [0, 0.05) is 33.1 Å². The molecule has 2 aliphatic heterocycles. The first kappa shape index (κ1) is 23.7. The van der Waals surface area contributed by atoms with Crippen LogP contribution in [0.5, 0.6) is 0 Å². The van der Waals surface area contributed by atoms with E-state index in [1.165, 1.54) is 6.26 Å². The number of amides is 2. The molecule has 1 fully saturated rings. The molecule has 2 heterocycles. The lowest BCUT2D eigenvalue weighted by Gasteiger charge is -2.31. The minimum absolute atomic E-state index is 0.185. The fraction of sp³-hybridized carbons (Fsp3) is 0.200. The smallest absolute Gasteiger partial charge is 0.415 e. The van der Waals surface area contributed by atoms with Crippen LogP contribution in [-0.2, 0) is 14.6 Å². The number of rotatable bonds is 5. The van der Waals surface area contributed by atoms with Crippen molar-refractivity contribution in [2.75, 3.05) is 23.5 Å². The number of hydrogen-bond donors (Lipinski definition) is 1. The molecule has 180 valence electrons. The molecule has 7 nitrogen and oxygen atoms in total. The van der Waals surface area contributed by atoms with Gasteiger partial charge in [0.05, 0.1) is 23.2 Å². The van der Waals surface area contributed by atoms with E-state index in [1.807, 2.05) is 18.2 Å². The highest BCUT2D eigenvalue weighted by Crippen LogP contribution is 2.44. The summed E-state index contributed by atoms with van der Waals surface area (Å²) in [4.78, 5) is 28.0. The van der Waals surface area contributed by atoms with Crippen LogP contribution in [0.3, 0.4) is 0 Å². The Balaban J connectivity index is 1.36. The summed E-state index contributed by atoms with van der Waals surface area (Å²) in [5.41, 5.74) is 2.56. The fourth-order valence-corrected chi connectivity index (χ4v) is 6.58. The average molecular weight is 529 g/mol. The van der Waals surface area contributed by atoms with Crippen LogP contribution in [0.15, 0.2) is 76.5 Å². The monoisotopic (exact) mass is 528 g/mol. The molecule has 35 heavy (non-hydrogen) atoms. The molecule has 0 spiro atoms. The standard InChI is InChI=1S/C25H21ClN2O5S2/c1-35(31,32)23-5-3-2-4-18(23)16-8-11-19-22(12-16)34-14-20-21(33-25(30)28(19)20)13-27-24(29)15-6-9-17(26)10-7-15/h2-12,20-21H,13-14H2,1H3,(H,27,29)/t20-,21-/m0/s1. The number of thioether (sulfide) groups is 1. The van der Waals surface area contributed by atoms with Crippen LogP contribution >= 0.6 is 23.4 Å². The Hall–Kier alpha value is -3.01. The van der Waals surface area contributed by atoms with E-state index in [9.17, 15) is 18.0 Å². The predicted molar refractivity (Wildman–Crippen MR) is 136 cm³/mol. The third-order valence-corrected chi connectivity index (χ3v) is 8.56. The van der Waals surface area contributed by atoms with Crippen molar-refractivity contribution in [3.05, 3.63) is 77.3 Å². The van der Waals surface area contributed by atoms with Gasteiger partial charge >= 0.3 is 6.09 Å². The third-order valence-electron chi connectivity index (χ3n) is 6.01. The molecule has 2 atom stereocenters. The van der Waals surface area contributed by atoms with E-state index in [0.29, 0.717) is 27.6 Å². The number of benzene rings is 3. The second kappa shape index (κ2) is 9.22. The Morgan fingerprint density at radius 1 is 1.14 bits per heavy atom. The van der Waals surface area contributed by atoms with Crippen LogP contribution in [0.25, 0.3) is 11.1 Å². The Morgan fingerprint density at radius 3 is 2.63 bits per heavy atom. The molecule has 0 bridgehead atoms. The normalized spacial score (nSPS) is 19.0. The van der Waals surface area contributed by atoms with Gasteiger partial charge in [-0.05, 0) is 48.0 Å². The fourth-order valence-electron chi connectivity index (χ4n) is 4.30. The quantitative estimate of drug-likeness (QED) is 0.518. The Morgan fingerprint density at radius 2 is 1.89 bits per heavy atom. The number of carbonyl (C=O) groups is 2. The van der Waals surface area contributed by atoms with Gasteiger partial charge in [0.15, 0.2) is 9.84 Å². The lowest BCUT2D eigenvalue weighted by atomic mass is 10.0. The van der Waals surface area contributed by atoms with Crippen LogP contribution < -0.4 is 10.2 Å². The number of carbonyl (C=O) groups excluding carboxylic acids is 2. The van der Waals surface area contributed by atoms with Gasteiger partial charge in [0.1, 0.15) is 6.10 Å². The Bertz CT molecular complexity index is 1430. The van der Waals surface area contributed by atoms with E-state index in [-0.39, 0.29) is 23.4 Å². The van der Waals surface area contributed by atoms with Gasteiger partial charge in [-0.25, -0.2) is 13.2 Å². The van der Waals surface area contributed by atoms with Gasteiger partial charge in [0.2, 0.25) is 0 Å². The summed E-state index contributed by atoms with van der Waals surface area (Å²) >= 11 is 7.45. The van der Waals surface area contributed by atoms with Crippen LogP contribution in [0.4, 0.5) is 10.5 Å². The predicted octanol–water partition coefficient (Wildman–Crippen LogP) is 4.64. The maximum Gasteiger partial charge on any atom is 0.415 e. The van der Waals surface area contributed by atoms with Crippen molar-refractivity contribution in [2.45, 2.75) is 21.9 Å². The molecule has 2 amide bonds. The molecular weight excluding hydrogens is 508 g/mol. The maximum atomic E-state index is 12.8. The number of fused-ring (bicyclic) bond motifs is 3. The number of nitrogens with zero attached hydrogens (tertiary/aromatic N) is 1. The van der Waals surface area contributed by atoms with E-state index < -0.39 is 22.0 Å². The number of sulfone groups is 1. The molecule has 2 aliphatic rings. The highest BCUT2D eigenvalue weighted by atomic mass is 35.5. The maximum absolute atomic E-state index is 12.8. The summed E-state index contributed by atoms with van der Waals surface area (Å²) in [5, 5.41) is 3.38. The lowest BCUT2D eigenvalue weighted by Crippen LogP contribution is -2.45. The van der Waals surface area contributed by atoms with Crippen LogP contribution in [-0.4, -0.2) is 51.1 Å². The summed E-state index contributed by atoms with van der Waals surface area (Å²) in [7, 11) is -3.40. The molecule has 5 rings (SSSR count). The molecule has 0 radical (unpaired) electrons. The first-order valence-electron chi connectivity index (χ1n) is 10.8. The summed E-state index contributed by atoms with van der Waals surface area (Å²) in [6, 6.07) is 18.7. The number of halogens is 1. The van der Waals surface area contributed by atoms with Crippen molar-refractivity contribution < 1.29 is 22.7 Å². The topological polar surface area (TPSA) is 92.8 Å². The first-order chi connectivity index (χ1) is 16.7. The van der Waals surface area contributed by atoms with E-state index in [0.717, 1.165) is 10.5 Å². The summed E-state index contributed by atoms with van der Waals surface area (Å²) in [5.74, 6) is 0.312. The SMILES string of the molecule is CS(=O)(=O)c1ccccc1-c1ccc2c(c1)SC[C@H]1[C@H](CNC(=O)c3ccc(Cl)cc3)OC(=O)N21. The van der Waals surface area contributed by atoms with Crippen molar-refractivity contribution in [1.82, 2.24) is 5.32 Å². The van der Waals surface area contributed by atoms with Gasteiger partial charge in [-0.2, -0.15) is 0 Å². The van der Waals surface area contributed by atoms with Gasteiger partial charge < -0.3 is 10.1 Å². The van der Waals surface area contributed by atoms with Gasteiger partial charge in [-0.3, -0.25) is 9.69 Å². The van der Waals surface area contributed by atoms with Gasteiger partial charge in [0.25, 0.3) is 5.91 Å². The van der Waals surface area contributed by atoms with Crippen LogP contribution in [0.2, 0.25) is 5.02 Å². The van der Waals surface area contributed by atoms with Gasteiger partial charge in [-0.15, -0.1) is 11.8 Å². The van der Waals surface area contributed by atoms with Crippen molar-refractivity contribution in [3.8, 4) is 11.1 Å². The average Bonchev–Trinajstić information content (AvgIpc) is 3.17.